The first kappa shape index (κ1) is 15.4. The van der Waals surface area contributed by atoms with E-state index in [4.69, 9.17) is 0 Å². The van der Waals surface area contributed by atoms with Gasteiger partial charge in [-0.05, 0) is 49.8 Å². The number of halogens is 2. The lowest BCUT2D eigenvalue weighted by molar-refractivity contribution is 0.0713. The Balaban J connectivity index is 2.13. The predicted molar refractivity (Wildman–Crippen MR) is 79.0 cm³/mol. The summed E-state index contributed by atoms with van der Waals surface area (Å²) in [7, 11) is 0. The largest absolute Gasteiger partial charge is 0.394 e. The fraction of sp³-hybridized carbons (Fsp3) is 0.533. The average Bonchev–Trinajstić information content (AvgIpc) is 2.41. The molecule has 0 saturated heterocycles. The summed E-state index contributed by atoms with van der Waals surface area (Å²) in [5.41, 5.74) is -0.594. The second kappa shape index (κ2) is 6.22. The third kappa shape index (κ3) is 3.38. The van der Waals surface area contributed by atoms with Gasteiger partial charge in [-0.15, -0.1) is 0 Å². The molecule has 1 aromatic carbocycles. The van der Waals surface area contributed by atoms with E-state index >= 15 is 0 Å². The van der Waals surface area contributed by atoms with Crippen molar-refractivity contribution in [3.63, 3.8) is 0 Å². The minimum absolute atomic E-state index is 0.0136. The Morgan fingerprint density at radius 3 is 2.70 bits per heavy atom. The van der Waals surface area contributed by atoms with Gasteiger partial charge in [-0.2, -0.15) is 0 Å². The van der Waals surface area contributed by atoms with Gasteiger partial charge >= 0.3 is 0 Å². The molecule has 20 heavy (non-hydrogen) atoms. The number of aliphatic hydroxyl groups is 1. The van der Waals surface area contributed by atoms with Crippen molar-refractivity contribution in [2.24, 2.45) is 5.92 Å². The van der Waals surface area contributed by atoms with Crippen LogP contribution in [0.25, 0.3) is 0 Å². The zero-order valence-electron chi connectivity index (χ0n) is 11.5. The zero-order chi connectivity index (χ0) is 14.8. The number of benzene rings is 1. The molecular formula is C15H19BrFNO2. The highest BCUT2D eigenvalue weighted by Crippen LogP contribution is 2.32. The first-order valence-electron chi connectivity index (χ1n) is 6.84. The van der Waals surface area contributed by atoms with E-state index in [1.165, 1.54) is 12.1 Å². The normalized spacial score (nSPS) is 26.3. The molecular weight excluding hydrogens is 325 g/mol. The van der Waals surface area contributed by atoms with Crippen LogP contribution in [-0.4, -0.2) is 23.2 Å². The summed E-state index contributed by atoms with van der Waals surface area (Å²) in [6, 6.07) is 4.35. The maximum atomic E-state index is 13.8. The molecule has 0 radical (unpaired) electrons. The first-order chi connectivity index (χ1) is 9.46. The van der Waals surface area contributed by atoms with E-state index < -0.39 is 17.3 Å². The number of carbonyl (C=O) groups is 1. The Labute approximate surface area is 126 Å². The first-order valence-corrected chi connectivity index (χ1v) is 7.63. The smallest absolute Gasteiger partial charge is 0.254 e. The van der Waals surface area contributed by atoms with Crippen LogP contribution in [0.15, 0.2) is 22.7 Å². The maximum absolute atomic E-state index is 13.8. The van der Waals surface area contributed by atoms with Gasteiger partial charge in [-0.25, -0.2) is 4.39 Å². The molecule has 1 aliphatic carbocycles. The van der Waals surface area contributed by atoms with E-state index in [2.05, 4.69) is 28.2 Å². The lowest BCUT2D eigenvalue weighted by Gasteiger charge is -2.38. The maximum Gasteiger partial charge on any atom is 0.254 e. The van der Waals surface area contributed by atoms with E-state index in [1.807, 2.05) is 0 Å². The van der Waals surface area contributed by atoms with E-state index in [0.717, 1.165) is 25.7 Å². The van der Waals surface area contributed by atoms with Crippen LogP contribution in [0.1, 0.15) is 43.0 Å². The van der Waals surface area contributed by atoms with Crippen LogP contribution in [0.2, 0.25) is 0 Å². The van der Waals surface area contributed by atoms with Crippen LogP contribution in [0.4, 0.5) is 4.39 Å². The number of rotatable bonds is 3. The Morgan fingerprint density at radius 2 is 2.15 bits per heavy atom. The highest BCUT2D eigenvalue weighted by molar-refractivity contribution is 9.10. The summed E-state index contributed by atoms with van der Waals surface area (Å²) in [6.45, 7) is 2.06. The van der Waals surface area contributed by atoms with E-state index in [0.29, 0.717) is 10.4 Å². The molecule has 1 amide bonds. The summed E-state index contributed by atoms with van der Waals surface area (Å²) < 4.78 is 14.4. The standard InChI is InChI=1S/C15H19BrFNO2/c1-10-4-6-15(9-19,7-5-10)18-14(20)12-3-2-11(16)8-13(12)17/h2-3,8,10,19H,4-7,9H2,1H3,(H,18,20). The number of carbonyl (C=O) groups excluding carboxylic acids is 1. The lowest BCUT2D eigenvalue weighted by Crippen LogP contribution is -2.53. The summed E-state index contributed by atoms with van der Waals surface area (Å²) in [5, 5.41) is 12.5. The van der Waals surface area contributed by atoms with Gasteiger partial charge in [0, 0.05) is 4.47 Å². The molecule has 0 unspecified atom stereocenters. The van der Waals surface area contributed by atoms with Crippen molar-refractivity contribution in [2.45, 2.75) is 38.1 Å². The fourth-order valence-corrected chi connectivity index (χ4v) is 2.95. The molecule has 0 atom stereocenters. The topological polar surface area (TPSA) is 49.3 Å². The SMILES string of the molecule is CC1CCC(CO)(NC(=O)c2ccc(Br)cc2F)CC1. The minimum atomic E-state index is -0.608. The predicted octanol–water partition coefficient (Wildman–Crippen LogP) is 3.26. The van der Waals surface area contributed by atoms with Crippen molar-refractivity contribution >= 4 is 21.8 Å². The van der Waals surface area contributed by atoms with Gasteiger partial charge in [-0.3, -0.25) is 4.79 Å². The van der Waals surface area contributed by atoms with Gasteiger partial charge in [-0.1, -0.05) is 22.9 Å². The monoisotopic (exact) mass is 343 g/mol. The molecule has 0 aromatic heterocycles. The number of hydrogen-bond donors (Lipinski definition) is 2. The van der Waals surface area contributed by atoms with Gasteiger partial charge in [0.15, 0.2) is 0 Å². The Hall–Kier alpha value is -0.940. The molecule has 0 aliphatic heterocycles. The van der Waals surface area contributed by atoms with Crippen LogP contribution in [-0.2, 0) is 0 Å². The molecule has 0 heterocycles. The van der Waals surface area contributed by atoms with Crippen molar-refractivity contribution in [1.29, 1.82) is 0 Å². The molecule has 1 aromatic rings. The van der Waals surface area contributed by atoms with Crippen molar-refractivity contribution < 1.29 is 14.3 Å². The van der Waals surface area contributed by atoms with E-state index in [9.17, 15) is 14.3 Å². The van der Waals surface area contributed by atoms with Crippen molar-refractivity contribution in [1.82, 2.24) is 5.32 Å². The second-order valence-electron chi connectivity index (χ2n) is 5.70. The molecule has 5 heteroatoms. The lowest BCUT2D eigenvalue weighted by atomic mass is 9.77. The summed E-state index contributed by atoms with van der Waals surface area (Å²) in [6.07, 6.45) is 3.39. The van der Waals surface area contributed by atoms with Gasteiger partial charge < -0.3 is 10.4 Å². The fourth-order valence-electron chi connectivity index (χ4n) is 2.62. The number of amides is 1. The quantitative estimate of drug-likeness (QED) is 0.884. The van der Waals surface area contributed by atoms with Crippen LogP contribution >= 0.6 is 15.9 Å². The minimum Gasteiger partial charge on any atom is -0.394 e. The molecule has 2 N–H and O–H groups in total. The summed E-state index contributed by atoms with van der Waals surface area (Å²) in [4.78, 5) is 12.2. The van der Waals surface area contributed by atoms with Crippen LogP contribution in [0.3, 0.4) is 0 Å². The summed E-state index contributed by atoms with van der Waals surface area (Å²) >= 11 is 3.16. The van der Waals surface area contributed by atoms with Crippen molar-refractivity contribution in [3.8, 4) is 0 Å². The number of hydrogen-bond acceptors (Lipinski definition) is 2. The highest BCUT2D eigenvalue weighted by Gasteiger charge is 2.35. The van der Waals surface area contributed by atoms with Gasteiger partial charge in [0.1, 0.15) is 5.82 Å². The molecule has 1 aliphatic rings. The van der Waals surface area contributed by atoms with Crippen LogP contribution < -0.4 is 5.32 Å². The molecule has 1 fully saturated rings. The van der Waals surface area contributed by atoms with Crippen molar-refractivity contribution in [2.75, 3.05) is 6.61 Å². The second-order valence-corrected chi connectivity index (χ2v) is 6.61. The third-order valence-electron chi connectivity index (χ3n) is 4.09. The molecule has 0 bridgehead atoms. The average molecular weight is 344 g/mol. The molecule has 2 rings (SSSR count). The van der Waals surface area contributed by atoms with Crippen LogP contribution in [0, 0.1) is 11.7 Å². The van der Waals surface area contributed by atoms with Gasteiger partial charge in [0.25, 0.3) is 5.91 Å². The zero-order valence-corrected chi connectivity index (χ0v) is 13.0. The van der Waals surface area contributed by atoms with Crippen LogP contribution in [0.5, 0.6) is 0 Å². The Bertz CT molecular complexity index is 499. The van der Waals surface area contributed by atoms with E-state index in [1.54, 1.807) is 6.07 Å². The van der Waals surface area contributed by atoms with Gasteiger partial charge in [0.05, 0.1) is 17.7 Å². The Kier molecular flexibility index (Phi) is 4.81. The van der Waals surface area contributed by atoms with E-state index in [-0.39, 0.29) is 12.2 Å². The number of nitrogens with one attached hydrogen (secondary N) is 1. The molecule has 3 nitrogen and oxygen atoms in total. The molecule has 1 saturated carbocycles. The highest BCUT2D eigenvalue weighted by atomic mass is 79.9. The summed E-state index contributed by atoms with van der Waals surface area (Å²) in [5.74, 6) is -0.413. The third-order valence-corrected chi connectivity index (χ3v) is 4.58. The van der Waals surface area contributed by atoms with Gasteiger partial charge in [0.2, 0.25) is 0 Å². The number of aliphatic hydroxyl groups excluding tert-OH is 1. The molecule has 110 valence electrons. The Morgan fingerprint density at radius 1 is 1.50 bits per heavy atom. The van der Waals surface area contributed by atoms with Crippen molar-refractivity contribution in [3.05, 3.63) is 34.1 Å². The molecule has 0 spiro atoms.